The second-order valence-corrected chi connectivity index (χ2v) is 6.14. The molecule has 0 saturated carbocycles. The Kier molecular flexibility index (Phi) is 7.35. The highest BCUT2D eigenvalue weighted by Crippen LogP contribution is 2.20. The lowest BCUT2D eigenvalue weighted by Gasteiger charge is -2.35. The quantitative estimate of drug-likeness (QED) is 0.694. The maximum absolute atomic E-state index is 14.3. The number of amides is 2. The smallest absolute Gasteiger partial charge is 0.237 e. The van der Waals surface area contributed by atoms with E-state index in [9.17, 15) is 14.0 Å². The molecular weight excluding hydrogens is 341 g/mol. The molecule has 26 heavy (non-hydrogen) atoms. The molecule has 2 amide bonds. The van der Waals surface area contributed by atoms with Crippen molar-refractivity contribution in [3.05, 3.63) is 29.6 Å². The molecule has 2 N–H and O–H groups in total. The van der Waals surface area contributed by atoms with Crippen molar-refractivity contribution in [2.75, 3.05) is 39.9 Å². The van der Waals surface area contributed by atoms with Crippen LogP contribution >= 0.6 is 0 Å². The number of methoxy groups -OCH3 is 1. The van der Waals surface area contributed by atoms with E-state index in [0.717, 1.165) is 0 Å². The van der Waals surface area contributed by atoms with Crippen LogP contribution in [0.25, 0.3) is 0 Å². The number of rotatable bonds is 8. The Hall–Kier alpha value is -2.19. The molecule has 1 aromatic rings. The zero-order valence-corrected chi connectivity index (χ0v) is 15.2. The standard InChI is InChI=1S/C18H26FN3O4/c1-3-21(8-9-23)17(24)11-16-18(25)20-6-7-22(16)12-13-4-5-14(26-2)10-15(13)19/h4-5,10,16,23H,3,6-9,11-12H2,1-2H3,(H,20,25)/t16-/m0/s1. The van der Waals surface area contributed by atoms with Crippen LogP contribution in [0, 0.1) is 5.82 Å². The number of aliphatic hydroxyl groups is 1. The molecule has 0 aliphatic carbocycles. The monoisotopic (exact) mass is 367 g/mol. The van der Waals surface area contributed by atoms with Gasteiger partial charge in [0.25, 0.3) is 0 Å². The molecule has 1 heterocycles. The number of halogens is 1. The summed E-state index contributed by atoms with van der Waals surface area (Å²) < 4.78 is 19.3. The second-order valence-electron chi connectivity index (χ2n) is 6.14. The topological polar surface area (TPSA) is 82.1 Å². The van der Waals surface area contributed by atoms with E-state index in [4.69, 9.17) is 9.84 Å². The first-order valence-corrected chi connectivity index (χ1v) is 8.73. The Labute approximate surface area is 152 Å². The van der Waals surface area contributed by atoms with Gasteiger partial charge in [-0.05, 0) is 13.0 Å². The van der Waals surface area contributed by atoms with Crippen molar-refractivity contribution in [3.63, 3.8) is 0 Å². The maximum atomic E-state index is 14.3. The van der Waals surface area contributed by atoms with E-state index in [-0.39, 0.29) is 37.9 Å². The van der Waals surface area contributed by atoms with Crippen molar-refractivity contribution in [2.24, 2.45) is 0 Å². The number of carbonyl (C=O) groups is 2. The molecule has 1 atom stereocenters. The summed E-state index contributed by atoms with van der Waals surface area (Å²) in [5, 5.41) is 11.8. The minimum atomic E-state index is -0.662. The van der Waals surface area contributed by atoms with Crippen LogP contribution in [0.3, 0.4) is 0 Å². The molecular formula is C18H26FN3O4. The lowest BCUT2D eigenvalue weighted by molar-refractivity contribution is -0.139. The van der Waals surface area contributed by atoms with Crippen LogP contribution in [0.1, 0.15) is 18.9 Å². The number of ether oxygens (including phenoxy) is 1. The van der Waals surface area contributed by atoms with Gasteiger partial charge in [-0.1, -0.05) is 6.07 Å². The van der Waals surface area contributed by atoms with Crippen LogP contribution in [-0.2, 0) is 16.1 Å². The third-order valence-corrected chi connectivity index (χ3v) is 4.55. The summed E-state index contributed by atoms with van der Waals surface area (Å²) in [7, 11) is 1.47. The molecule has 1 fully saturated rings. The van der Waals surface area contributed by atoms with Crippen molar-refractivity contribution < 1.29 is 23.8 Å². The summed E-state index contributed by atoms with van der Waals surface area (Å²) in [6, 6.07) is 3.94. The molecule has 0 aromatic heterocycles. The van der Waals surface area contributed by atoms with E-state index in [1.165, 1.54) is 18.1 Å². The molecule has 2 rings (SSSR count). The Bertz CT molecular complexity index is 641. The highest BCUT2D eigenvalue weighted by molar-refractivity contribution is 5.88. The molecule has 1 aliphatic heterocycles. The normalized spacial score (nSPS) is 17.7. The average molecular weight is 367 g/mol. The second kappa shape index (κ2) is 9.49. The van der Waals surface area contributed by atoms with E-state index in [2.05, 4.69) is 5.32 Å². The lowest BCUT2D eigenvalue weighted by Crippen LogP contribution is -2.56. The van der Waals surface area contributed by atoms with Crippen molar-refractivity contribution >= 4 is 11.8 Å². The SMILES string of the molecule is CCN(CCO)C(=O)C[C@H]1C(=O)NCCN1Cc1ccc(OC)cc1F. The molecule has 0 radical (unpaired) electrons. The van der Waals surface area contributed by atoms with Crippen molar-refractivity contribution in [1.29, 1.82) is 0 Å². The maximum Gasteiger partial charge on any atom is 0.237 e. The summed E-state index contributed by atoms with van der Waals surface area (Å²) in [5.41, 5.74) is 0.445. The fourth-order valence-electron chi connectivity index (χ4n) is 3.05. The Morgan fingerprint density at radius 3 is 2.88 bits per heavy atom. The fraction of sp³-hybridized carbons (Fsp3) is 0.556. The third-order valence-electron chi connectivity index (χ3n) is 4.55. The van der Waals surface area contributed by atoms with Crippen LogP contribution in [0.4, 0.5) is 4.39 Å². The van der Waals surface area contributed by atoms with Gasteiger partial charge in [0.2, 0.25) is 11.8 Å². The minimum absolute atomic E-state index is 0.00253. The first-order chi connectivity index (χ1) is 12.5. The molecule has 0 unspecified atom stereocenters. The summed E-state index contributed by atoms with van der Waals surface area (Å²) >= 11 is 0. The molecule has 1 aromatic carbocycles. The van der Waals surface area contributed by atoms with Gasteiger partial charge >= 0.3 is 0 Å². The molecule has 144 valence electrons. The van der Waals surface area contributed by atoms with Crippen LogP contribution in [0.15, 0.2) is 18.2 Å². The predicted molar refractivity (Wildman–Crippen MR) is 94.1 cm³/mol. The van der Waals surface area contributed by atoms with Gasteiger partial charge in [-0.25, -0.2) is 4.39 Å². The van der Waals surface area contributed by atoms with Crippen molar-refractivity contribution in [2.45, 2.75) is 25.9 Å². The summed E-state index contributed by atoms with van der Waals surface area (Å²) in [6.07, 6.45) is -0.00253. The summed E-state index contributed by atoms with van der Waals surface area (Å²) in [4.78, 5) is 28.1. The number of likely N-dealkylation sites (N-methyl/N-ethyl adjacent to an activating group) is 1. The number of aliphatic hydroxyl groups excluding tert-OH is 1. The Morgan fingerprint density at radius 1 is 1.50 bits per heavy atom. The van der Waals surface area contributed by atoms with Gasteiger partial charge < -0.3 is 20.1 Å². The van der Waals surface area contributed by atoms with Crippen LogP contribution in [-0.4, -0.2) is 72.7 Å². The fourth-order valence-corrected chi connectivity index (χ4v) is 3.05. The summed E-state index contributed by atoms with van der Waals surface area (Å²) in [5.74, 6) is -0.421. The number of piperazine rings is 1. The van der Waals surface area contributed by atoms with Gasteiger partial charge in [0.1, 0.15) is 11.6 Å². The van der Waals surface area contributed by atoms with Gasteiger partial charge in [0, 0.05) is 44.4 Å². The van der Waals surface area contributed by atoms with Crippen LogP contribution < -0.4 is 10.1 Å². The first-order valence-electron chi connectivity index (χ1n) is 8.73. The van der Waals surface area contributed by atoms with Gasteiger partial charge in [-0.2, -0.15) is 0 Å². The number of hydrogen-bond acceptors (Lipinski definition) is 5. The van der Waals surface area contributed by atoms with E-state index >= 15 is 0 Å². The van der Waals surface area contributed by atoms with Crippen molar-refractivity contribution in [1.82, 2.24) is 15.1 Å². The van der Waals surface area contributed by atoms with Gasteiger partial charge in [-0.3, -0.25) is 14.5 Å². The number of benzene rings is 1. The lowest BCUT2D eigenvalue weighted by atomic mass is 10.1. The highest BCUT2D eigenvalue weighted by Gasteiger charge is 2.33. The number of carbonyl (C=O) groups excluding carboxylic acids is 2. The molecule has 0 bridgehead atoms. The largest absolute Gasteiger partial charge is 0.497 e. The predicted octanol–water partition coefficient (Wildman–Crippen LogP) is 0.366. The van der Waals surface area contributed by atoms with Crippen molar-refractivity contribution in [3.8, 4) is 5.75 Å². The number of hydrogen-bond donors (Lipinski definition) is 2. The number of nitrogens with one attached hydrogen (secondary N) is 1. The molecule has 1 aliphatic rings. The minimum Gasteiger partial charge on any atom is -0.497 e. The van der Waals surface area contributed by atoms with Crippen LogP contribution in [0.5, 0.6) is 5.75 Å². The zero-order valence-electron chi connectivity index (χ0n) is 15.2. The van der Waals surface area contributed by atoms with Gasteiger partial charge in [0.15, 0.2) is 0 Å². The van der Waals surface area contributed by atoms with E-state index in [1.54, 1.807) is 12.1 Å². The third kappa shape index (κ3) is 4.92. The molecule has 7 nitrogen and oxygen atoms in total. The highest BCUT2D eigenvalue weighted by atomic mass is 19.1. The molecule has 8 heteroatoms. The Balaban J connectivity index is 2.12. The Morgan fingerprint density at radius 2 is 2.27 bits per heavy atom. The van der Waals surface area contributed by atoms with E-state index < -0.39 is 11.9 Å². The van der Waals surface area contributed by atoms with Gasteiger partial charge in [0.05, 0.1) is 26.2 Å². The first kappa shape index (κ1) is 20.1. The average Bonchev–Trinajstić information content (AvgIpc) is 2.63. The number of nitrogens with zero attached hydrogens (tertiary/aromatic N) is 2. The van der Waals surface area contributed by atoms with Gasteiger partial charge in [-0.15, -0.1) is 0 Å². The zero-order chi connectivity index (χ0) is 19.1. The van der Waals surface area contributed by atoms with E-state index in [1.807, 2.05) is 11.8 Å². The molecule has 0 spiro atoms. The van der Waals surface area contributed by atoms with Crippen LogP contribution in [0.2, 0.25) is 0 Å². The molecule has 1 saturated heterocycles. The van der Waals surface area contributed by atoms with E-state index in [0.29, 0.717) is 30.9 Å². The summed E-state index contributed by atoms with van der Waals surface area (Å²) in [6.45, 7) is 3.60.